The van der Waals surface area contributed by atoms with Crippen molar-refractivity contribution in [2.45, 2.75) is 63.8 Å². The van der Waals surface area contributed by atoms with Gasteiger partial charge in [-0.2, -0.15) is 0 Å². The molecule has 0 unspecified atom stereocenters. The number of benzene rings is 1. The molecule has 17 heavy (non-hydrogen) atoms. The number of hydrogen-bond donors (Lipinski definition) is 1. The van der Waals surface area contributed by atoms with Crippen LogP contribution in [-0.2, 0) is 6.42 Å². The Balaban J connectivity index is 2.00. The van der Waals surface area contributed by atoms with E-state index in [2.05, 4.69) is 38.1 Å². The number of rotatable bonds is 6. The zero-order valence-corrected chi connectivity index (χ0v) is 11.2. The van der Waals surface area contributed by atoms with Gasteiger partial charge < -0.3 is 5.73 Å². The number of hydrogen-bond acceptors (Lipinski definition) is 1. The summed E-state index contributed by atoms with van der Waals surface area (Å²) in [6.07, 6.45) is 7.21. The van der Waals surface area contributed by atoms with E-state index in [1.165, 1.54) is 36.8 Å². The molecule has 0 amide bonds. The Morgan fingerprint density at radius 1 is 1.24 bits per heavy atom. The third kappa shape index (κ3) is 3.32. The molecule has 2 N–H and O–H groups in total. The Kier molecular flexibility index (Phi) is 3.88. The lowest BCUT2D eigenvalue weighted by Crippen LogP contribution is -2.22. The van der Waals surface area contributed by atoms with Gasteiger partial charge in [-0.1, -0.05) is 38.1 Å². The molecular weight excluding hydrogens is 206 g/mol. The van der Waals surface area contributed by atoms with Gasteiger partial charge in [0.2, 0.25) is 0 Å². The second-order valence-electron chi connectivity index (χ2n) is 5.62. The summed E-state index contributed by atoms with van der Waals surface area (Å²) in [6, 6.07) is 9.12. The highest BCUT2D eigenvalue weighted by molar-refractivity contribution is 5.27. The third-order valence-corrected chi connectivity index (χ3v) is 4.21. The van der Waals surface area contributed by atoms with Crippen LogP contribution in [0.15, 0.2) is 24.3 Å². The Morgan fingerprint density at radius 3 is 2.53 bits per heavy atom. The summed E-state index contributed by atoms with van der Waals surface area (Å²) in [4.78, 5) is 0. The highest BCUT2D eigenvalue weighted by Crippen LogP contribution is 2.36. The van der Waals surface area contributed by atoms with Crippen molar-refractivity contribution >= 4 is 0 Å². The minimum absolute atomic E-state index is 0.185. The predicted octanol–water partition coefficient (Wildman–Crippen LogP) is 4.01. The molecule has 1 nitrogen and oxygen atoms in total. The Morgan fingerprint density at radius 2 is 1.94 bits per heavy atom. The van der Waals surface area contributed by atoms with Gasteiger partial charge >= 0.3 is 0 Å². The van der Waals surface area contributed by atoms with Crippen LogP contribution in [0.4, 0.5) is 0 Å². The van der Waals surface area contributed by atoms with Crippen molar-refractivity contribution < 1.29 is 0 Å². The average molecular weight is 231 g/mol. The van der Waals surface area contributed by atoms with E-state index < -0.39 is 0 Å². The van der Waals surface area contributed by atoms with Crippen LogP contribution in [0.1, 0.15) is 63.0 Å². The van der Waals surface area contributed by atoms with Gasteiger partial charge in [-0.25, -0.2) is 0 Å². The first kappa shape index (κ1) is 12.6. The molecule has 0 atom stereocenters. The minimum atomic E-state index is 0.185. The topological polar surface area (TPSA) is 26.0 Å². The molecule has 0 aromatic heterocycles. The molecule has 94 valence electrons. The monoisotopic (exact) mass is 231 g/mol. The van der Waals surface area contributed by atoms with Crippen LogP contribution in [0.5, 0.6) is 0 Å². The second-order valence-corrected chi connectivity index (χ2v) is 5.62. The number of aryl methyl sites for hydroxylation is 1. The van der Waals surface area contributed by atoms with Crippen molar-refractivity contribution in [1.29, 1.82) is 0 Å². The summed E-state index contributed by atoms with van der Waals surface area (Å²) in [7, 11) is 0. The van der Waals surface area contributed by atoms with Crippen LogP contribution in [0.2, 0.25) is 0 Å². The van der Waals surface area contributed by atoms with E-state index in [1.807, 2.05) is 0 Å². The maximum absolute atomic E-state index is 6.14. The van der Waals surface area contributed by atoms with Crippen molar-refractivity contribution in [3.63, 3.8) is 0 Å². The summed E-state index contributed by atoms with van der Waals surface area (Å²) in [5.74, 6) is 0.725. The maximum atomic E-state index is 6.14. The first-order valence-corrected chi connectivity index (χ1v) is 7.04. The molecule has 0 aliphatic heterocycles. The Labute approximate surface area is 105 Å². The lowest BCUT2D eigenvalue weighted by Gasteiger charge is -2.15. The smallest absolute Gasteiger partial charge is 0.0158 e. The number of nitrogens with two attached hydrogens (primary N) is 1. The normalized spacial score (nSPS) is 17.4. The van der Waals surface area contributed by atoms with Gasteiger partial charge in [0.25, 0.3) is 0 Å². The lowest BCUT2D eigenvalue weighted by molar-refractivity contribution is 0.606. The first-order valence-electron chi connectivity index (χ1n) is 7.04. The van der Waals surface area contributed by atoms with E-state index in [-0.39, 0.29) is 5.54 Å². The molecule has 1 aromatic carbocycles. The molecule has 1 aliphatic rings. The standard InChI is InChI=1S/C16H25N/c1-3-14(4-2)15-7-5-6-13(12-15)8-9-16(17)10-11-16/h5-7,12,14H,3-4,8-11,17H2,1-2H3. The molecule has 1 saturated carbocycles. The first-order chi connectivity index (χ1) is 8.17. The quantitative estimate of drug-likeness (QED) is 0.786. The van der Waals surface area contributed by atoms with Crippen LogP contribution in [0, 0.1) is 0 Å². The molecule has 0 spiro atoms. The Bertz CT molecular complexity index is 362. The molecule has 1 fully saturated rings. The molecule has 0 saturated heterocycles. The summed E-state index contributed by atoms with van der Waals surface area (Å²) >= 11 is 0. The fraction of sp³-hybridized carbons (Fsp3) is 0.625. The van der Waals surface area contributed by atoms with E-state index in [0.717, 1.165) is 18.8 Å². The van der Waals surface area contributed by atoms with Crippen molar-refractivity contribution in [3.05, 3.63) is 35.4 Å². The summed E-state index contributed by atoms with van der Waals surface area (Å²) in [6.45, 7) is 4.56. The van der Waals surface area contributed by atoms with Crippen LogP contribution >= 0.6 is 0 Å². The van der Waals surface area contributed by atoms with Crippen LogP contribution in [-0.4, -0.2) is 5.54 Å². The van der Waals surface area contributed by atoms with E-state index in [0.29, 0.717) is 0 Å². The molecular formula is C16H25N. The van der Waals surface area contributed by atoms with Gasteiger partial charge in [0.15, 0.2) is 0 Å². The molecule has 1 aromatic rings. The van der Waals surface area contributed by atoms with Gasteiger partial charge in [0, 0.05) is 5.54 Å². The van der Waals surface area contributed by atoms with E-state index in [4.69, 9.17) is 5.73 Å². The van der Waals surface area contributed by atoms with E-state index in [1.54, 1.807) is 0 Å². The van der Waals surface area contributed by atoms with Gasteiger partial charge in [-0.15, -0.1) is 0 Å². The zero-order chi connectivity index (χ0) is 12.3. The molecule has 1 heteroatoms. The van der Waals surface area contributed by atoms with Crippen LogP contribution in [0.25, 0.3) is 0 Å². The Hall–Kier alpha value is -0.820. The molecule has 0 bridgehead atoms. The summed E-state index contributed by atoms with van der Waals surface area (Å²) < 4.78 is 0. The molecule has 2 rings (SSSR count). The van der Waals surface area contributed by atoms with Crippen LogP contribution in [0.3, 0.4) is 0 Å². The highest BCUT2D eigenvalue weighted by atomic mass is 14.8. The van der Waals surface area contributed by atoms with Gasteiger partial charge in [0.1, 0.15) is 0 Å². The van der Waals surface area contributed by atoms with Crippen molar-refractivity contribution in [2.24, 2.45) is 5.73 Å². The lowest BCUT2D eigenvalue weighted by atomic mass is 9.91. The fourth-order valence-corrected chi connectivity index (χ4v) is 2.57. The molecule has 0 heterocycles. The molecule has 1 aliphatic carbocycles. The third-order valence-electron chi connectivity index (χ3n) is 4.21. The predicted molar refractivity (Wildman–Crippen MR) is 74.2 cm³/mol. The summed E-state index contributed by atoms with van der Waals surface area (Å²) in [5.41, 5.74) is 9.30. The molecule has 0 radical (unpaired) electrons. The van der Waals surface area contributed by atoms with Gasteiger partial charge in [-0.05, 0) is 55.6 Å². The largest absolute Gasteiger partial charge is 0.325 e. The van der Waals surface area contributed by atoms with Gasteiger partial charge in [-0.3, -0.25) is 0 Å². The van der Waals surface area contributed by atoms with Gasteiger partial charge in [0.05, 0.1) is 0 Å². The van der Waals surface area contributed by atoms with Crippen molar-refractivity contribution in [1.82, 2.24) is 0 Å². The second kappa shape index (κ2) is 5.22. The van der Waals surface area contributed by atoms with Crippen LogP contribution < -0.4 is 5.73 Å². The minimum Gasteiger partial charge on any atom is -0.325 e. The average Bonchev–Trinajstić information content (AvgIpc) is 3.08. The zero-order valence-electron chi connectivity index (χ0n) is 11.2. The maximum Gasteiger partial charge on any atom is 0.0158 e. The summed E-state index contributed by atoms with van der Waals surface area (Å²) in [5, 5.41) is 0. The van der Waals surface area contributed by atoms with Crippen molar-refractivity contribution in [2.75, 3.05) is 0 Å². The van der Waals surface area contributed by atoms with E-state index in [9.17, 15) is 0 Å². The van der Waals surface area contributed by atoms with E-state index >= 15 is 0 Å². The highest BCUT2D eigenvalue weighted by Gasteiger charge is 2.37. The SMILES string of the molecule is CCC(CC)c1cccc(CCC2(N)CC2)c1. The fourth-order valence-electron chi connectivity index (χ4n) is 2.57. The van der Waals surface area contributed by atoms with Crippen molar-refractivity contribution in [3.8, 4) is 0 Å².